The van der Waals surface area contributed by atoms with Crippen molar-refractivity contribution in [1.82, 2.24) is 0 Å². The monoisotopic (exact) mass is 296 g/mol. The molecule has 2 heterocycles. The number of aliphatic hydroxyl groups is 1. The van der Waals surface area contributed by atoms with Crippen molar-refractivity contribution in [3.63, 3.8) is 0 Å². The second kappa shape index (κ2) is 3.03. The molecule has 0 aliphatic heterocycles. The first kappa shape index (κ1) is 8.02. The predicted octanol–water partition coefficient (Wildman–Crippen LogP) is 2.21. The van der Waals surface area contributed by atoms with Crippen molar-refractivity contribution < 1.29 is 5.11 Å². The minimum absolute atomic E-state index is 0.196. The van der Waals surface area contributed by atoms with Gasteiger partial charge in [0, 0.05) is 0 Å². The van der Waals surface area contributed by atoms with E-state index < -0.39 is 0 Å². The summed E-state index contributed by atoms with van der Waals surface area (Å²) in [4.78, 5) is 0. The molecule has 0 amide bonds. The molecule has 2 rings (SSSR count). The Balaban J connectivity index is 2.76. The molecule has 1 nitrogen and oxygen atoms in total. The first-order valence-electron chi connectivity index (χ1n) is 3.08. The second-order valence-corrected chi connectivity index (χ2v) is 6.21. The van der Waals surface area contributed by atoms with E-state index in [0.717, 1.165) is 4.47 Å². The van der Waals surface area contributed by atoms with Gasteiger partial charge in [-0.1, -0.05) is 0 Å². The fraction of sp³-hybridized carbons (Fsp3) is 0.143. The molecular formula is C7H5BrOSSe. The van der Waals surface area contributed by atoms with Crippen LogP contribution in [0, 0.1) is 0 Å². The standard InChI is InChI=1S/C7H5BrOSSe/c8-6-5(3-9)11-4-1-2-10-7(4)6/h1-2,9H,3H2. The fourth-order valence-corrected chi connectivity index (χ4v) is 5.68. The average Bonchev–Trinajstić information content (AvgIpc) is 2.53. The Morgan fingerprint density at radius 3 is 3.09 bits per heavy atom. The van der Waals surface area contributed by atoms with Crippen LogP contribution in [0.1, 0.15) is 4.44 Å². The molecule has 0 unspecified atom stereocenters. The van der Waals surface area contributed by atoms with Gasteiger partial charge in [-0.2, -0.15) is 0 Å². The van der Waals surface area contributed by atoms with Gasteiger partial charge in [-0.25, -0.2) is 0 Å². The van der Waals surface area contributed by atoms with E-state index in [9.17, 15) is 0 Å². The molecule has 0 saturated heterocycles. The summed E-state index contributed by atoms with van der Waals surface area (Å²) < 4.78 is 5.01. The van der Waals surface area contributed by atoms with Gasteiger partial charge in [-0.3, -0.25) is 0 Å². The fourth-order valence-electron chi connectivity index (χ4n) is 0.944. The Bertz CT molecular complexity index is 379. The number of hydrogen-bond acceptors (Lipinski definition) is 2. The van der Waals surface area contributed by atoms with Crippen LogP contribution in [-0.4, -0.2) is 19.6 Å². The van der Waals surface area contributed by atoms with Gasteiger partial charge >= 0.3 is 82.8 Å². The van der Waals surface area contributed by atoms with Gasteiger partial charge in [0.1, 0.15) is 0 Å². The predicted molar refractivity (Wildman–Crippen MR) is 52.4 cm³/mol. The number of aliphatic hydroxyl groups excluding tert-OH is 1. The molecule has 0 aliphatic carbocycles. The summed E-state index contributed by atoms with van der Waals surface area (Å²) in [6, 6.07) is 2.14. The number of fused-ring (bicyclic) bond motifs is 1. The van der Waals surface area contributed by atoms with Crippen LogP contribution in [0.15, 0.2) is 15.9 Å². The Labute approximate surface area is 82.5 Å². The SMILES string of the molecule is OCc1[se]c2ccsc2c1Br. The number of rotatable bonds is 1. The zero-order valence-electron chi connectivity index (χ0n) is 5.50. The van der Waals surface area contributed by atoms with Crippen molar-refractivity contribution in [3.8, 4) is 0 Å². The normalized spacial score (nSPS) is 11.1. The van der Waals surface area contributed by atoms with E-state index in [2.05, 4.69) is 27.4 Å². The number of hydrogen-bond donors (Lipinski definition) is 1. The summed E-state index contributed by atoms with van der Waals surface area (Å²) in [5.41, 5.74) is 0. The van der Waals surface area contributed by atoms with Gasteiger partial charge < -0.3 is 0 Å². The van der Waals surface area contributed by atoms with E-state index in [1.807, 2.05) is 0 Å². The molecule has 11 heavy (non-hydrogen) atoms. The van der Waals surface area contributed by atoms with Crippen LogP contribution in [-0.2, 0) is 6.61 Å². The summed E-state index contributed by atoms with van der Waals surface area (Å²) in [5, 5.41) is 11.1. The molecule has 0 fully saturated rings. The third-order valence-corrected chi connectivity index (χ3v) is 6.79. The van der Waals surface area contributed by atoms with Crippen LogP contribution in [0.2, 0.25) is 0 Å². The summed E-state index contributed by atoms with van der Waals surface area (Å²) in [7, 11) is 0. The molecular weight excluding hydrogens is 291 g/mol. The zero-order chi connectivity index (χ0) is 7.84. The van der Waals surface area contributed by atoms with Gasteiger partial charge in [-0.05, 0) is 0 Å². The summed E-state index contributed by atoms with van der Waals surface area (Å²) in [6.45, 7) is 0.196. The molecule has 4 heteroatoms. The Kier molecular flexibility index (Phi) is 2.21. The van der Waals surface area contributed by atoms with Gasteiger partial charge in [0.15, 0.2) is 0 Å². The van der Waals surface area contributed by atoms with E-state index in [-0.39, 0.29) is 6.61 Å². The third kappa shape index (κ3) is 1.23. The van der Waals surface area contributed by atoms with Crippen molar-refractivity contribution >= 4 is 50.7 Å². The van der Waals surface area contributed by atoms with Gasteiger partial charge in [-0.15, -0.1) is 0 Å². The molecule has 0 aromatic carbocycles. The first-order valence-corrected chi connectivity index (χ1v) is 6.46. The Morgan fingerprint density at radius 1 is 1.64 bits per heavy atom. The number of halogens is 1. The Hall–Kier alpha value is 0.399. The molecule has 2 aromatic rings. The molecule has 0 saturated carbocycles. The topological polar surface area (TPSA) is 20.2 Å². The second-order valence-electron chi connectivity index (χ2n) is 2.11. The van der Waals surface area contributed by atoms with E-state index in [1.54, 1.807) is 11.3 Å². The van der Waals surface area contributed by atoms with Gasteiger partial charge in [0.25, 0.3) is 0 Å². The molecule has 2 aromatic heterocycles. The third-order valence-electron chi connectivity index (χ3n) is 1.45. The van der Waals surface area contributed by atoms with E-state index in [4.69, 9.17) is 5.11 Å². The van der Waals surface area contributed by atoms with Crippen molar-refractivity contribution in [3.05, 3.63) is 20.4 Å². The average molecular weight is 296 g/mol. The quantitative estimate of drug-likeness (QED) is 0.800. The maximum atomic E-state index is 8.96. The molecule has 0 bridgehead atoms. The van der Waals surface area contributed by atoms with Crippen LogP contribution >= 0.6 is 27.3 Å². The number of thiophene rings is 1. The molecule has 0 aliphatic rings. The first-order chi connectivity index (χ1) is 5.33. The van der Waals surface area contributed by atoms with Crippen LogP contribution in [0.3, 0.4) is 0 Å². The van der Waals surface area contributed by atoms with Crippen LogP contribution in [0.5, 0.6) is 0 Å². The van der Waals surface area contributed by atoms with Crippen LogP contribution in [0.25, 0.3) is 8.96 Å². The van der Waals surface area contributed by atoms with Gasteiger partial charge in [0.2, 0.25) is 0 Å². The molecule has 0 atom stereocenters. The Morgan fingerprint density at radius 2 is 2.45 bits per heavy atom. The summed E-state index contributed by atoms with van der Waals surface area (Å²) in [6.07, 6.45) is 0. The van der Waals surface area contributed by atoms with E-state index in [0.29, 0.717) is 14.5 Å². The molecule has 1 N–H and O–H groups in total. The van der Waals surface area contributed by atoms with Crippen LogP contribution in [0.4, 0.5) is 0 Å². The van der Waals surface area contributed by atoms with E-state index >= 15 is 0 Å². The van der Waals surface area contributed by atoms with Crippen LogP contribution < -0.4 is 0 Å². The van der Waals surface area contributed by atoms with E-state index in [1.165, 1.54) is 13.4 Å². The molecule has 58 valence electrons. The van der Waals surface area contributed by atoms with Crippen molar-refractivity contribution in [2.24, 2.45) is 0 Å². The summed E-state index contributed by atoms with van der Waals surface area (Å²) in [5.74, 6) is 0. The zero-order valence-corrected chi connectivity index (χ0v) is 9.62. The minimum atomic E-state index is 0.196. The maximum absolute atomic E-state index is 8.96. The van der Waals surface area contributed by atoms with Crippen molar-refractivity contribution in [1.29, 1.82) is 0 Å². The molecule has 0 radical (unpaired) electrons. The van der Waals surface area contributed by atoms with Gasteiger partial charge in [0.05, 0.1) is 0 Å². The molecule has 0 spiro atoms. The van der Waals surface area contributed by atoms with Crippen molar-refractivity contribution in [2.45, 2.75) is 6.61 Å². The van der Waals surface area contributed by atoms with Crippen molar-refractivity contribution in [2.75, 3.05) is 0 Å². The summed E-state index contributed by atoms with van der Waals surface area (Å²) >= 11 is 5.59.